The number of amides is 2. The number of carbonyl (C=O) groups is 3. The number of nitrogens with zero attached hydrogens (tertiary/aromatic N) is 1. The van der Waals surface area contributed by atoms with Gasteiger partial charge < -0.3 is 15.7 Å². The second-order valence-corrected chi connectivity index (χ2v) is 5.88. The van der Waals surface area contributed by atoms with Crippen molar-refractivity contribution in [3.8, 4) is 0 Å². The van der Waals surface area contributed by atoms with Crippen LogP contribution in [0.1, 0.15) is 26.2 Å². The van der Waals surface area contributed by atoms with Gasteiger partial charge in [-0.25, -0.2) is 0 Å². The third kappa shape index (κ3) is 4.12. The Hall–Kier alpha value is -1.24. The van der Waals surface area contributed by atoms with E-state index in [-0.39, 0.29) is 18.2 Å². The summed E-state index contributed by atoms with van der Waals surface area (Å²) in [6.07, 6.45) is 1.36. The van der Waals surface area contributed by atoms with Gasteiger partial charge in [0, 0.05) is 25.3 Å². The number of hydrogen-bond donors (Lipinski definition) is 2. The molecule has 1 aliphatic rings. The molecule has 1 fully saturated rings. The number of carbonyl (C=O) groups excluding carboxylic acids is 2. The molecule has 0 aromatic carbocycles. The minimum Gasteiger partial charge on any atom is -0.481 e. The van der Waals surface area contributed by atoms with Gasteiger partial charge in [-0.05, 0) is 12.8 Å². The van der Waals surface area contributed by atoms with E-state index in [4.69, 9.17) is 5.73 Å². The number of rotatable bonds is 7. The number of likely N-dealkylation sites (tertiary alicyclic amines) is 1. The summed E-state index contributed by atoms with van der Waals surface area (Å²) in [5, 5.41) is 9.25. The maximum atomic E-state index is 11.9. The summed E-state index contributed by atoms with van der Waals surface area (Å²) in [7, 11) is 0. The molecule has 1 rings (SSSR count). The highest BCUT2D eigenvalue weighted by atomic mass is 32.2. The van der Waals surface area contributed by atoms with E-state index in [1.165, 1.54) is 11.8 Å². The molecule has 0 spiro atoms. The summed E-state index contributed by atoms with van der Waals surface area (Å²) in [6, 6.07) is 0. The molecule has 1 saturated heterocycles. The third-order valence-electron chi connectivity index (χ3n) is 3.54. The molecular formula is C12H20N2O4S. The molecule has 0 saturated carbocycles. The molecule has 2 amide bonds. The zero-order chi connectivity index (χ0) is 14.5. The summed E-state index contributed by atoms with van der Waals surface area (Å²) in [4.78, 5) is 35.3. The first-order valence-electron chi connectivity index (χ1n) is 6.28. The molecule has 3 N–H and O–H groups in total. The summed E-state index contributed by atoms with van der Waals surface area (Å²) in [6.45, 7) is 2.63. The largest absolute Gasteiger partial charge is 0.481 e. The Morgan fingerprint density at radius 2 is 2.11 bits per heavy atom. The monoisotopic (exact) mass is 288 g/mol. The average molecular weight is 288 g/mol. The standard InChI is InChI=1S/C12H20N2O4S/c1-2-12(11(17)18)4-5-14(8-12)10(16)3-6-19-7-9(13)15/h2-8H2,1H3,(H2,13,15)(H,17,18). The van der Waals surface area contributed by atoms with Crippen molar-refractivity contribution in [3.63, 3.8) is 0 Å². The summed E-state index contributed by atoms with van der Waals surface area (Å²) < 4.78 is 0. The zero-order valence-corrected chi connectivity index (χ0v) is 11.9. The molecule has 0 radical (unpaired) electrons. The second-order valence-electron chi connectivity index (χ2n) is 4.77. The fourth-order valence-corrected chi connectivity index (χ4v) is 2.85. The van der Waals surface area contributed by atoms with Crippen LogP contribution in [0.2, 0.25) is 0 Å². The van der Waals surface area contributed by atoms with E-state index in [0.29, 0.717) is 31.6 Å². The van der Waals surface area contributed by atoms with Gasteiger partial charge in [-0.3, -0.25) is 14.4 Å². The van der Waals surface area contributed by atoms with Gasteiger partial charge in [0.1, 0.15) is 0 Å². The van der Waals surface area contributed by atoms with Gasteiger partial charge in [-0.15, -0.1) is 0 Å². The van der Waals surface area contributed by atoms with E-state index < -0.39 is 17.3 Å². The number of aliphatic carboxylic acids is 1. The smallest absolute Gasteiger partial charge is 0.311 e. The van der Waals surface area contributed by atoms with Crippen LogP contribution in [0.4, 0.5) is 0 Å². The van der Waals surface area contributed by atoms with Crippen LogP contribution in [0, 0.1) is 5.41 Å². The normalized spacial score (nSPS) is 22.5. The van der Waals surface area contributed by atoms with Crippen LogP contribution in [0.5, 0.6) is 0 Å². The lowest BCUT2D eigenvalue weighted by Crippen LogP contribution is -2.36. The molecule has 7 heteroatoms. The molecule has 1 heterocycles. The molecular weight excluding hydrogens is 268 g/mol. The van der Waals surface area contributed by atoms with Crippen LogP contribution < -0.4 is 5.73 Å². The van der Waals surface area contributed by atoms with Crippen LogP contribution in [0.3, 0.4) is 0 Å². The lowest BCUT2D eigenvalue weighted by molar-refractivity contribution is -0.148. The number of primary amides is 1. The molecule has 1 unspecified atom stereocenters. The van der Waals surface area contributed by atoms with E-state index in [1.54, 1.807) is 4.90 Å². The second kappa shape index (κ2) is 6.79. The quantitative estimate of drug-likeness (QED) is 0.657. The molecule has 19 heavy (non-hydrogen) atoms. The lowest BCUT2D eigenvalue weighted by atomic mass is 9.84. The van der Waals surface area contributed by atoms with Crippen molar-refractivity contribution in [2.75, 3.05) is 24.6 Å². The minimum absolute atomic E-state index is 0.0476. The maximum absolute atomic E-state index is 11.9. The Kier molecular flexibility index (Phi) is 5.65. The first-order valence-corrected chi connectivity index (χ1v) is 7.44. The van der Waals surface area contributed by atoms with Crippen LogP contribution in [0.15, 0.2) is 0 Å². The first-order chi connectivity index (χ1) is 8.91. The van der Waals surface area contributed by atoms with Crippen LogP contribution >= 0.6 is 11.8 Å². The van der Waals surface area contributed by atoms with Crippen LogP contribution in [-0.2, 0) is 14.4 Å². The fraction of sp³-hybridized carbons (Fsp3) is 0.750. The molecule has 0 aromatic rings. The molecule has 0 aliphatic carbocycles. The van der Waals surface area contributed by atoms with Gasteiger partial charge in [0.2, 0.25) is 11.8 Å². The van der Waals surface area contributed by atoms with E-state index in [0.717, 1.165) is 0 Å². The highest BCUT2D eigenvalue weighted by Gasteiger charge is 2.44. The van der Waals surface area contributed by atoms with Crippen molar-refractivity contribution >= 4 is 29.5 Å². The van der Waals surface area contributed by atoms with Crippen molar-refractivity contribution < 1.29 is 19.5 Å². The zero-order valence-electron chi connectivity index (χ0n) is 11.1. The Labute approximate surface area is 116 Å². The predicted octanol–water partition coefficient (Wildman–Crippen LogP) is 0.308. The SMILES string of the molecule is CCC1(C(=O)O)CCN(C(=O)CCSCC(N)=O)C1. The highest BCUT2D eigenvalue weighted by molar-refractivity contribution is 7.99. The Balaban J connectivity index is 2.39. The number of nitrogens with two attached hydrogens (primary N) is 1. The number of thioether (sulfide) groups is 1. The van der Waals surface area contributed by atoms with Crippen molar-refractivity contribution in [1.29, 1.82) is 0 Å². The molecule has 6 nitrogen and oxygen atoms in total. The van der Waals surface area contributed by atoms with E-state index in [2.05, 4.69) is 0 Å². The van der Waals surface area contributed by atoms with Crippen LogP contribution in [0.25, 0.3) is 0 Å². The molecule has 0 bridgehead atoms. The van der Waals surface area contributed by atoms with Crippen molar-refractivity contribution in [1.82, 2.24) is 4.90 Å². The fourth-order valence-electron chi connectivity index (χ4n) is 2.19. The highest BCUT2D eigenvalue weighted by Crippen LogP contribution is 2.34. The van der Waals surface area contributed by atoms with E-state index in [1.807, 2.05) is 6.92 Å². The number of carboxylic acid groups (broad SMARTS) is 1. The van der Waals surface area contributed by atoms with Gasteiger partial charge >= 0.3 is 5.97 Å². The Morgan fingerprint density at radius 1 is 1.42 bits per heavy atom. The van der Waals surface area contributed by atoms with Crippen molar-refractivity contribution in [2.45, 2.75) is 26.2 Å². The number of carboxylic acids is 1. The van der Waals surface area contributed by atoms with Crippen molar-refractivity contribution in [2.24, 2.45) is 11.1 Å². The first kappa shape index (κ1) is 15.8. The van der Waals surface area contributed by atoms with Crippen molar-refractivity contribution in [3.05, 3.63) is 0 Å². The van der Waals surface area contributed by atoms with Gasteiger partial charge in [0.15, 0.2) is 0 Å². The van der Waals surface area contributed by atoms with Crippen LogP contribution in [-0.4, -0.2) is 52.4 Å². The number of hydrogen-bond acceptors (Lipinski definition) is 4. The molecule has 108 valence electrons. The minimum atomic E-state index is -0.826. The van der Waals surface area contributed by atoms with E-state index in [9.17, 15) is 19.5 Å². The topological polar surface area (TPSA) is 101 Å². The predicted molar refractivity (Wildman–Crippen MR) is 72.7 cm³/mol. The van der Waals surface area contributed by atoms with Gasteiger partial charge in [0.25, 0.3) is 0 Å². The molecule has 1 atom stereocenters. The summed E-state index contributed by atoms with van der Waals surface area (Å²) in [5.74, 6) is -0.525. The summed E-state index contributed by atoms with van der Waals surface area (Å²) >= 11 is 1.32. The molecule has 0 aromatic heterocycles. The molecule has 1 aliphatic heterocycles. The lowest BCUT2D eigenvalue weighted by Gasteiger charge is -2.23. The van der Waals surface area contributed by atoms with Gasteiger partial charge in [-0.2, -0.15) is 11.8 Å². The van der Waals surface area contributed by atoms with E-state index >= 15 is 0 Å². The average Bonchev–Trinajstić information content (AvgIpc) is 2.80. The van der Waals surface area contributed by atoms with Gasteiger partial charge in [0.05, 0.1) is 11.2 Å². The third-order valence-corrected chi connectivity index (χ3v) is 4.52. The Morgan fingerprint density at radius 3 is 2.58 bits per heavy atom. The Bertz CT molecular complexity index is 375. The maximum Gasteiger partial charge on any atom is 0.311 e. The van der Waals surface area contributed by atoms with Gasteiger partial charge in [-0.1, -0.05) is 6.92 Å². The summed E-state index contributed by atoms with van der Waals surface area (Å²) in [5.41, 5.74) is 4.22.